The molecule has 198 valence electrons. The number of carbonyl (C=O) groups excluding carboxylic acids is 2. The molecule has 3 aromatic carbocycles. The van der Waals surface area contributed by atoms with Crippen LogP contribution in [0.3, 0.4) is 0 Å². The summed E-state index contributed by atoms with van der Waals surface area (Å²) < 4.78 is 40.2. The maximum atomic E-state index is 13.1. The van der Waals surface area contributed by atoms with Crippen molar-refractivity contribution in [2.75, 3.05) is 20.8 Å². The molecule has 0 bridgehead atoms. The van der Waals surface area contributed by atoms with Crippen LogP contribution in [0.15, 0.2) is 82.7 Å². The van der Waals surface area contributed by atoms with E-state index < -0.39 is 21.9 Å². The number of nitrogens with zero attached hydrogens (tertiary/aromatic N) is 3. The fourth-order valence-electron chi connectivity index (χ4n) is 3.86. The molecule has 0 aliphatic heterocycles. The predicted molar refractivity (Wildman–Crippen MR) is 144 cm³/mol. The summed E-state index contributed by atoms with van der Waals surface area (Å²) in [6.45, 7) is 2.01. The van der Waals surface area contributed by atoms with E-state index >= 15 is 0 Å². The molecule has 0 spiro atoms. The minimum Gasteiger partial charge on any atom is -0.495 e. The zero-order valence-electron chi connectivity index (χ0n) is 21.2. The van der Waals surface area contributed by atoms with Crippen molar-refractivity contribution in [1.29, 1.82) is 0 Å². The van der Waals surface area contributed by atoms with Crippen LogP contribution in [-0.2, 0) is 32.6 Å². The summed E-state index contributed by atoms with van der Waals surface area (Å²) in [6, 6.07) is 20.3. The Kier molecular flexibility index (Phi) is 8.40. The molecule has 0 N–H and O–H groups in total. The Labute approximate surface area is 224 Å². The van der Waals surface area contributed by atoms with Crippen molar-refractivity contribution in [2.45, 2.75) is 24.9 Å². The van der Waals surface area contributed by atoms with E-state index in [1.807, 2.05) is 42.5 Å². The number of hydrogen-bond donors (Lipinski definition) is 0. The van der Waals surface area contributed by atoms with Crippen LogP contribution in [0.2, 0.25) is 0 Å². The number of ether oxygens (including phenoxy) is 2. The summed E-state index contributed by atoms with van der Waals surface area (Å²) >= 11 is 1.23. The number of fused-ring (bicyclic) bond motifs is 1. The SMILES string of the molecule is CCOC(=O)Cn1c(=NC(=O)c2ccc(S(=O)(=O)N(C)Cc3ccccc3)cc2)sc2cccc(OC)c21. The van der Waals surface area contributed by atoms with Crippen LogP contribution in [0.1, 0.15) is 22.8 Å². The molecule has 0 saturated heterocycles. The first-order chi connectivity index (χ1) is 18.2. The molecule has 0 aliphatic rings. The molecule has 0 aliphatic carbocycles. The van der Waals surface area contributed by atoms with Gasteiger partial charge in [-0.05, 0) is 48.9 Å². The van der Waals surface area contributed by atoms with E-state index in [2.05, 4.69) is 4.99 Å². The van der Waals surface area contributed by atoms with Crippen molar-refractivity contribution in [3.8, 4) is 5.75 Å². The summed E-state index contributed by atoms with van der Waals surface area (Å²) in [7, 11) is -0.733. The van der Waals surface area contributed by atoms with Gasteiger partial charge >= 0.3 is 5.97 Å². The number of para-hydroxylation sites is 1. The van der Waals surface area contributed by atoms with Crippen LogP contribution in [0.4, 0.5) is 0 Å². The Bertz CT molecular complexity index is 1630. The number of amides is 1. The number of hydrogen-bond acceptors (Lipinski definition) is 7. The summed E-state index contributed by atoms with van der Waals surface area (Å²) in [6.07, 6.45) is 0. The van der Waals surface area contributed by atoms with E-state index in [1.54, 1.807) is 17.6 Å². The molecule has 1 aromatic heterocycles. The Morgan fingerprint density at radius 3 is 2.37 bits per heavy atom. The lowest BCUT2D eigenvalue weighted by molar-refractivity contribution is -0.143. The van der Waals surface area contributed by atoms with Crippen molar-refractivity contribution >= 4 is 43.5 Å². The molecule has 0 unspecified atom stereocenters. The number of aromatic nitrogens is 1. The van der Waals surface area contributed by atoms with Crippen molar-refractivity contribution in [1.82, 2.24) is 8.87 Å². The van der Waals surface area contributed by atoms with Gasteiger partial charge in [0.15, 0.2) is 4.80 Å². The molecule has 0 saturated carbocycles. The third-order valence-corrected chi connectivity index (χ3v) is 8.59. The second-order valence-corrected chi connectivity index (χ2v) is 11.3. The molecule has 11 heteroatoms. The maximum absolute atomic E-state index is 13.1. The van der Waals surface area contributed by atoms with Crippen molar-refractivity contribution in [3.05, 3.63) is 88.7 Å². The average molecular weight is 554 g/mol. The van der Waals surface area contributed by atoms with E-state index in [4.69, 9.17) is 9.47 Å². The fraction of sp³-hybridized carbons (Fsp3) is 0.222. The highest BCUT2D eigenvalue weighted by Gasteiger charge is 2.22. The summed E-state index contributed by atoms with van der Waals surface area (Å²) in [4.78, 5) is 30.0. The lowest BCUT2D eigenvalue weighted by Crippen LogP contribution is -2.26. The van der Waals surface area contributed by atoms with Crippen LogP contribution < -0.4 is 9.54 Å². The molecular weight excluding hydrogens is 526 g/mol. The number of sulfonamides is 1. The largest absolute Gasteiger partial charge is 0.495 e. The highest BCUT2D eigenvalue weighted by Crippen LogP contribution is 2.27. The third-order valence-electron chi connectivity index (χ3n) is 5.73. The van der Waals surface area contributed by atoms with Gasteiger partial charge in [-0.15, -0.1) is 0 Å². The summed E-state index contributed by atoms with van der Waals surface area (Å²) in [5.41, 5.74) is 1.70. The highest BCUT2D eigenvalue weighted by atomic mass is 32.2. The number of benzene rings is 3. The normalized spacial score (nSPS) is 12.2. The molecule has 0 fully saturated rings. The molecule has 1 amide bonds. The number of thiazole rings is 1. The van der Waals surface area contributed by atoms with Crippen LogP contribution in [0, 0.1) is 0 Å². The summed E-state index contributed by atoms with van der Waals surface area (Å²) in [5, 5.41) is 0. The van der Waals surface area contributed by atoms with Gasteiger partial charge in [-0.3, -0.25) is 9.59 Å². The van der Waals surface area contributed by atoms with Crippen LogP contribution in [0.5, 0.6) is 5.75 Å². The highest BCUT2D eigenvalue weighted by molar-refractivity contribution is 7.89. The zero-order valence-corrected chi connectivity index (χ0v) is 22.8. The monoisotopic (exact) mass is 553 g/mol. The van der Waals surface area contributed by atoms with Gasteiger partial charge < -0.3 is 14.0 Å². The second-order valence-electron chi connectivity index (χ2n) is 8.27. The molecule has 1 heterocycles. The minimum absolute atomic E-state index is 0.0662. The van der Waals surface area contributed by atoms with Gasteiger partial charge in [-0.2, -0.15) is 9.30 Å². The Morgan fingerprint density at radius 2 is 1.71 bits per heavy atom. The smallest absolute Gasteiger partial charge is 0.326 e. The molecule has 0 radical (unpaired) electrons. The van der Waals surface area contributed by atoms with E-state index in [0.29, 0.717) is 16.1 Å². The fourth-order valence-corrected chi connectivity index (χ4v) is 6.06. The first-order valence-corrected chi connectivity index (χ1v) is 14.0. The number of carbonyl (C=O) groups is 2. The Hall–Kier alpha value is -3.80. The molecule has 38 heavy (non-hydrogen) atoms. The van der Waals surface area contributed by atoms with E-state index in [9.17, 15) is 18.0 Å². The predicted octanol–water partition coefficient (Wildman–Crippen LogP) is 3.84. The van der Waals surface area contributed by atoms with Gasteiger partial charge in [-0.1, -0.05) is 47.7 Å². The molecular formula is C27H27N3O6S2. The Balaban J connectivity index is 1.64. The topological polar surface area (TPSA) is 107 Å². The van der Waals surface area contributed by atoms with Crippen molar-refractivity contribution < 1.29 is 27.5 Å². The molecule has 0 atom stereocenters. The molecule has 9 nitrogen and oxygen atoms in total. The van der Waals surface area contributed by atoms with Crippen molar-refractivity contribution in [2.24, 2.45) is 4.99 Å². The number of rotatable bonds is 9. The zero-order chi connectivity index (χ0) is 27.3. The van der Waals surface area contributed by atoms with Crippen LogP contribution in [-0.4, -0.2) is 49.9 Å². The van der Waals surface area contributed by atoms with Gasteiger partial charge in [0.2, 0.25) is 10.0 Å². The first-order valence-electron chi connectivity index (χ1n) is 11.8. The summed E-state index contributed by atoms with van der Waals surface area (Å²) in [5.74, 6) is -0.512. The minimum atomic E-state index is -3.77. The van der Waals surface area contributed by atoms with Crippen molar-refractivity contribution in [3.63, 3.8) is 0 Å². The molecule has 4 rings (SSSR count). The standard InChI is InChI=1S/C27H27N3O6S2/c1-4-36-24(31)18-30-25-22(35-3)11-8-12-23(25)37-27(30)28-26(32)20-13-15-21(16-14-20)38(33,34)29(2)17-19-9-6-5-7-10-19/h5-16H,4,17-18H2,1-3H3. The number of esters is 1. The number of methoxy groups -OCH3 is 1. The van der Waals surface area contributed by atoms with Gasteiger partial charge in [0, 0.05) is 19.2 Å². The second kappa shape index (κ2) is 11.7. The van der Waals surface area contributed by atoms with E-state index in [1.165, 1.54) is 54.1 Å². The van der Waals surface area contributed by atoms with Gasteiger partial charge in [0.1, 0.15) is 17.8 Å². The first kappa shape index (κ1) is 27.2. The lowest BCUT2D eigenvalue weighted by Gasteiger charge is -2.17. The Morgan fingerprint density at radius 1 is 1.00 bits per heavy atom. The van der Waals surface area contributed by atoms with Gasteiger partial charge in [0.05, 0.1) is 23.3 Å². The maximum Gasteiger partial charge on any atom is 0.326 e. The third kappa shape index (κ3) is 5.85. The van der Waals surface area contributed by atoms with Crippen LogP contribution >= 0.6 is 11.3 Å². The quantitative estimate of drug-likeness (QED) is 0.292. The van der Waals surface area contributed by atoms with E-state index in [0.717, 1.165) is 10.3 Å². The molecule has 4 aromatic rings. The average Bonchev–Trinajstić information content (AvgIpc) is 3.26. The van der Waals surface area contributed by atoms with E-state index in [-0.39, 0.29) is 30.2 Å². The lowest BCUT2D eigenvalue weighted by atomic mass is 10.2. The van der Waals surface area contributed by atoms with Crippen LogP contribution in [0.25, 0.3) is 10.2 Å². The van der Waals surface area contributed by atoms with Gasteiger partial charge in [-0.25, -0.2) is 8.42 Å². The van der Waals surface area contributed by atoms with Gasteiger partial charge in [0.25, 0.3) is 5.91 Å².